The summed E-state index contributed by atoms with van der Waals surface area (Å²) >= 11 is 0. The van der Waals surface area contributed by atoms with Crippen molar-refractivity contribution in [3.8, 4) is 0 Å². The first-order valence-electron chi connectivity index (χ1n) is 9.31. The maximum atomic E-state index is 12.6. The van der Waals surface area contributed by atoms with Gasteiger partial charge in [-0.05, 0) is 67.2 Å². The summed E-state index contributed by atoms with van der Waals surface area (Å²) in [6.07, 6.45) is 6.36. The van der Waals surface area contributed by atoms with Crippen LogP contribution in [0.2, 0.25) is 0 Å². The molecule has 1 aliphatic rings. The third-order valence-electron chi connectivity index (χ3n) is 4.13. The van der Waals surface area contributed by atoms with Crippen LogP contribution >= 0.6 is 0 Å². The number of hydrogen-bond acceptors (Lipinski definition) is 5. The molecule has 1 fully saturated rings. The molecule has 1 aliphatic carbocycles. The lowest BCUT2D eigenvalue weighted by Crippen LogP contribution is -2.38. The molecular weight excluding hydrogens is 320 g/mol. The molecule has 0 aromatic heterocycles. The van der Waals surface area contributed by atoms with E-state index < -0.39 is 28.7 Å². The van der Waals surface area contributed by atoms with E-state index in [2.05, 4.69) is 0 Å². The van der Waals surface area contributed by atoms with Crippen LogP contribution in [0.5, 0.6) is 0 Å². The quantitative estimate of drug-likeness (QED) is 0.730. The summed E-state index contributed by atoms with van der Waals surface area (Å²) in [5.74, 6) is -1.36. The molecule has 1 N–H and O–H groups in total. The molecule has 5 nitrogen and oxygen atoms in total. The molecule has 1 unspecified atom stereocenters. The van der Waals surface area contributed by atoms with Crippen molar-refractivity contribution in [2.24, 2.45) is 5.92 Å². The van der Waals surface area contributed by atoms with Crippen molar-refractivity contribution in [2.75, 3.05) is 0 Å². The molecule has 0 aromatic rings. The van der Waals surface area contributed by atoms with E-state index in [1.807, 2.05) is 20.8 Å². The van der Waals surface area contributed by atoms with Gasteiger partial charge >= 0.3 is 11.9 Å². The van der Waals surface area contributed by atoms with Crippen LogP contribution in [0.25, 0.3) is 0 Å². The number of ether oxygens (including phenoxy) is 2. The van der Waals surface area contributed by atoms with Crippen LogP contribution in [0.15, 0.2) is 0 Å². The maximum Gasteiger partial charge on any atom is 0.310 e. The van der Waals surface area contributed by atoms with Crippen molar-refractivity contribution in [3.05, 3.63) is 6.42 Å². The summed E-state index contributed by atoms with van der Waals surface area (Å²) in [7, 11) is 0. The third-order valence-corrected chi connectivity index (χ3v) is 4.13. The first-order valence-corrected chi connectivity index (χ1v) is 9.31. The molecule has 1 saturated carbocycles. The minimum Gasteiger partial charge on any atom is -0.460 e. The van der Waals surface area contributed by atoms with E-state index >= 15 is 0 Å². The summed E-state index contributed by atoms with van der Waals surface area (Å²) in [6, 6.07) is 0. The van der Waals surface area contributed by atoms with Crippen LogP contribution in [0.4, 0.5) is 0 Å². The Morgan fingerprint density at radius 3 is 2.00 bits per heavy atom. The smallest absolute Gasteiger partial charge is 0.310 e. The van der Waals surface area contributed by atoms with Crippen LogP contribution in [0.1, 0.15) is 86.5 Å². The average molecular weight is 355 g/mol. The summed E-state index contributed by atoms with van der Waals surface area (Å²) in [5.41, 5.74) is -2.02. The van der Waals surface area contributed by atoms with Crippen LogP contribution in [-0.4, -0.2) is 33.8 Å². The van der Waals surface area contributed by atoms with Gasteiger partial charge in [0.2, 0.25) is 0 Å². The van der Waals surface area contributed by atoms with Crippen molar-refractivity contribution in [1.29, 1.82) is 0 Å². The number of aliphatic hydroxyl groups is 1. The van der Waals surface area contributed by atoms with Gasteiger partial charge in [0.05, 0.1) is 17.9 Å². The molecule has 0 aromatic carbocycles. The molecule has 1 rings (SSSR count). The molecule has 0 heterocycles. The number of carbonyl (C=O) groups excluding carboxylic acids is 2. The van der Waals surface area contributed by atoms with Crippen molar-refractivity contribution >= 4 is 11.9 Å². The SMILES string of the molecule is CC(C)(C)OC(=O)[CH]CC(CC1(O)CCCCC1)C(=O)OC(C)(C)C. The summed E-state index contributed by atoms with van der Waals surface area (Å²) in [6.45, 7) is 10.8. The van der Waals surface area contributed by atoms with Crippen molar-refractivity contribution in [3.63, 3.8) is 0 Å². The molecular formula is C20H35O5. The van der Waals surface area contributed by atoms with Crippen LogP contribution in [-0.2, 0) is 19.1 Å². The minimum absolute atomic E-state index is 0.214. The molecule has 0 saturated heterocycles. The highest BCUT2D eigenvalue weighted by molar-refractivity contribution is 5.81. The predicted octanol–water partition coefficient (Wildman–Crippen LogP) is 3.97. The molecule has 0 bridgehead atoms. The fourth-order valence-electron chi connectivity index (χ4n) is 3.10. The van der Waals surface area contributed by atoms with E-state index in [1.165, 1.54) is 6.42 Å². The van der Waals surface area contributed by atoms with E-state index in [-0.39, 0.29) is 12.4 Å². The van der Waals surface area contributed by atoms with Gasteiger partial charge in [-0.2, -0.15) is 0 Å². The Balaban J connectivity index is 2.73. The van der Waals surface area contributed by atoms with Gasteiger partial charge in [-0.15, -0.1) is 0 Å². The van der Waals surface area contributed by atoms with Crippen LogP contribution in [0.3, 0.4) is 0 Å². The highest BCUT2D eigenvalue weighted by atomic mass is 16.6. The largest absolute Gasteiger partial charge is 0.460 e. The van der Waals surface area contributed by atoms with Crippen molar-refractivity contribution in [1.82, 2.24) is 0 Å². The predicted molar refractivity (Wildman–Crippen MR) is 96.7 cm³/mol. The first-order chi connectivity index (χ1) is 11.3. The monoisotopic (exact) mass is 355 g/mol. The zero-order valence-electron chi connectivity index (χ0n) is 16.7. The fraction of sp³-hybridized carbons (Fsp3) is 0.850. The topological polar surface area (TPSA) is 72.8 Å². The Hall–Kier alpha value is -1.10. The number of esters is 2. The Morgan fingerprint density at radius 2 is 1.52 bits per heavy atom. The second-order valence-corrected chi connectivity index (χ2v) is 9.19. The summed E-state index contributed by atoms with van der Waals surface area (Å²) < 4.78 is 10.8. The number of rotatable bonds is 6. The Morgan fingerprint density at radius 1 is 1.00 bits per heavy atom. The van der Waals surface area contributed by atoms with E-state index in [1.54, 1.807) is 20.8 Å². The van der Waals surface area contributed by atoms with Gasteiger partial charge in [0, 0.05) is 0 Å². The summed E-state index contributed by atoms with van der Waals surface area (Å²) in [4.78, 5) is 24.5. The second-order valence-electron chi connectivity index (χ2n) is 9.19. The standard InChI is InChI=1S/C20H35O5/c1-18(2,3)24-16(21)11-10-15(17(22)25-19(4,5)6)14-20(23)12-8-7-9-13-20/h11,15,23H,7-10,12-14H2,1-6H3. The van der Waals surface area contributed by atoms with E-state index in [9.17, 15) is 14.7 Å². The van der Waals surface area contributed by atoms with Gasteiger partial charge in [-0.1, -0.05) is 19.3 Å². The van der Waals surface area contributed by atoms with E-state index in [0.29, 0.717) is 19.3 Å². The Bertz CT molecular complexity index is 450. The first kappa shape index (κ1) is 21.9. The number of carbonyl (C=O) groups is 2. The molecule has 1 radical (unpaired) electrons. The van der Waals surface area contributed by atoms with Gasteiger partial charge in [0.1, 0.15) is 11.2 Å². The highest BCUT2D eigenvalue weighted by Gasteiger charge is 2.37. The Kier molecular flexibility index (Phi) is 7.48. The van der Waals surface area contributed by atoms with E-state index in [0.717, 1.165) is 19.3 Å². The highest BCUT2D eigenvalue weighted by Crippen LogP contribution is 2.35. The molecule has 5 heteroatoms. The zero-order valence-corrected chi connectivity index (χ0v) is 16.7. The normalized spacial score (nSPS) is 19.2. The van der Waals surface area contributed by atoms with Crippen molar-refractivity contribution in [2.45, 2.75) is 103 Å². The molecule has 0 spiro atoms. The lowest BCUT2D eigenvalue weighted by atomic mass is 9.77. The third kappa shape index (κ3) is 9.24. The van der Waals surface area contributed by atoms with Gasteiger partial charge in [-0.3, -0.25) is 9.59 Å². The summed E-state index contributed by atoms with van der Waals surface area (Å²) in [5, 5.41) is 10.8. The fourth-order valence-corrected chi connectivity index (χ4v) is 3.10. The van der Waals surface area contributed by atoms with Gasteiger partial charge in [-0.25, -0.2) is 0 Å². The molecule has 0 aliphatic heterocycles. The lowest BCUT2D eigenvalue weighted by Gasteiger charge is -2.35. The average Bonchev–Trinajstić information content (AvgIpc) is 2.40. The zero-order chi connectivity index (χ0) is 19.3. The maximum absolute atomic E-state index is 12.6. The Labute approximate surface area is 152 Å². The minimum atomic E-state index is -0.846. The van der Waals surface area contributed by atoms with Gasteiger partial charge in [0.25, 0.3) is 0 Å². The molecule has 145 valence electrons. The van der Waals surface area contributed by atoms with Crippen molar-refractivity contribution < 1.29 is 24.2 Å². The van der Waals surface area contributed by atoms with Crippen LogP contribution in [0, 0.1) is 12.3 Å². The van der Waals surface area contributed by atoms with Crippen LogP contribution < -0.4 is 0 Å². The second kappa shape index (κ2) is 8.52. The van der Waals surface area contributed by atoms with Gasteiger partial charge < -0.3 is 14.6 Å². The van der Waals surface area contributed by atoms with E-state index in [4.69, 9.17) is 9.47 Å². The number of hydrogen-bond donors (Lipinski definition) is 1. The molecule has 0 amide bonds. The van der Waals surface area contributed by atoms with Gasteiger partial charge in [0.15, 0.2) is 0 Å². The molecule has 25 heavy (non-hydrogen) atoms. The lowest BCUT2D eigenvalue weighted by molar-refractivity contribution is -0.163. The molecule has 1 atom stereocenters.